The highest BCUT2D eigenvalue weighted by Crippen LogP contribution is 2.32. The molecular formula is C22H19BrN2O6S. The van der Waals surface area contributed by atoms with Gasteiger partial charge in [-0.15, -0.1) is 0 Å². The van der Waals surface area contributed by atoms with E-state index in [4.69, 9.17) is 14.2 Å². The molecule has 1 aliphatic heterocycles. The number of benzene rings is 3. The lowest BCUT2D eigenvalue weighted by atomic mass is 10.2. The summed E-state index contributed by atoms with van der Waals surface area (Å²) in [5.41, 5.74) is 1.01. The Balaban J connectivity index is 1.32. The lowest BCUT2D eigenvalue weighted by Crippen LogP contribution is -2.21. The highest BCUT2D eigenvalue weighted by Gasteiger charge is 2.15. The number of carbonyl (C=O) groups is 1. The van der Waals surface area contributed by atoms with Gasteiger partial charge in [0.1, 0.15) is 19.0 Å². The van der Waals surface area contributed by atoms with Gasteiger partial charge >= 0.3 is 0 Å². The third kappa shape index (κ3) is 5.51. The van der Waals surface area contributed by atoms with Crippen LogP contribution in [0.25, 0.3) is 0 Å². The molecule has 3 aromatic carbocycles. The molecule has 32 heavy (non-hydrogen) atoms. The van der Waals surface area contributed by atoms with E-state index in [0.29, 0.717) is 41.8 Å². The molecule has 0 radical (unpaired) electrons. The summed E-state index contributed by atoms with van der Waals surface area (Å²) >= 11 is 3.31. The summed E-state index contributed by atoms with van der Waals surface area (Å²) in [6.45, 7) is 0.711. The number of sulfonamides is 1. The average molecular weight is 519 g/mol. The number of halogens is 1. The topological polar surface area (TPSA) is 103 Å². The van der Waals surface area contributed by atoms with Crippen LogP contribution in [-0.4, -0.2) is 34.1 Å². The molecule has 0 saturated heterocycles. The van der Waals surface area contributed by atoms with Crippen LogP contribution in [-0.2, 0) is 14.8 Å². The van der Waals surface area contributed by atoms with E-state index in [1.54, 1.807) is 42.5 Å². The van der Waals surface area contributed by atoms with Crippen molar-refractivity contribution in [3.63, 3.8) is 0 Å². The van der Waals surface area contributed by atoms with Crippen molar-refractivity contribution in [2.24, 2.45) is 0 Å². The monoisotopic (exact) mass is 518 g/mol. The Morgan fingerprint density at radius 2 is 1.56 bits per heavy atom. The number of ether oxygens (including phenoxy) is 3. The molecule has 0 bridgehead atoms. The van der Waals surface area contributed by atoms with E-state index in [1.807, 2.05) is 0 Å². The van der Waals surface area contributed by atoms with Crippen LogP contribution in [0.4, 0.5) is 11.4 Å². The predicted octanol–water partition coefficient (Wildman–Crippen LogP) is 4.04. The Morgan fingerprint density at radius 1 is 0.906 bits per heavy atom. The lowest BCUT2D eigenvalue weighted by Gasteiger charge is -2.19. The van der Waals surface area contributed by atoms with E-state index >= 15 is 0 Å². The smallest absolute Gasteiger partial charge is 0.262 e. The van der Waals surface area contributed by atoms with E-state index in [2.05, 4.69) is 26.0 Å². The Kier molecular flexibility index (Phi) is 6.52. The number of anilines is 2. The molecule has 2 N–H and O–H groups in total. The Bertz CT molecular complexity index is 1210. The third-order valence-corrected chi connectivity index (χ3v) is 6.35. The van der Waals surface area contributed by atoms with Gasteiger partial charge in [0, 0.05) is 21.9 Å². The lowest BCUT2D eigenvalue weighted by molar-refractivity contribution is -0.118. The Morgan fingerprint density at radius 3 is 2.28 bits per heavy atom. The molecule has 0 spiro atoms. The van der Waals surface area contributed by atoms with Crippen molar-refractivity contribution >= 4 is 43.2 Å². The van der Waals surface area contributed by atoms with Gasteiger partial charge in [-0.05, 0) is 60.7 Å². The quantitative estimate of drug-likeness (QED) is 0.489. The summed E-state index contributed by atoms with van der Waals surface area (Å²) in [5, 5.41) is 2.72. The fourth-order valence-corrected chi connectivity index (χ4v) is 4.24. The molecule has 4 rings (SSSR count). The number of rotatable bonds is 7. The van der Waals surface area contributed by atoms with Crippen LogP contribution >= 0.6 is 15.9 Å². The number of amides is 1. The van der Waals surface area contributed by atoms with Crippen molar-refractivity contribution in [2.45, 2.75) is 4.90 Å². The molecule has 1 amide bonds. The van der Waals surface area contributed by atoms with E-state index < -0.39 is 10.0 Å². The molecule has 0 atom stereocenters. The second-order valence-electron chi connectivity index (χ2n) is 6.78. The molecule has 0 unspecified atom stereocenters. The van der Waals surface area contributed by atoms with Gasteiger partial charge in [-0.25, -0.2) is 8.42 Å². The molecule has 1 heterocycles. The van der Waals surface area contributed by atoms with Crippen molar-refractivity contribution in [3.8, 4) is 17.2 Å². The van der Waals surface area contributed by atoms with E-state index in [-0.39, 0.29) is 17.4 Å². The fourth-order valence-electron chi connectivity index (χ4n) is 2.91. The van der Waals surface area contributed by atoms with Crippen molar-refractivity contribution in [1.29, 1.82) is 0 Å². The fraction of sp³-hybridized carbons (Fsp3) is 0.136. The van der Waals surface area contributed by atoms with E-state index in [9.17, 15) is 13.2 Å². The van der Waals surface area contributed by atoms with Gasteiger partial charge in [-0.2, -0.15) is 0 Å². The molecule has 166 valence electrons. The first-order valence-corrected chi connectivity index (χ1v) is 11.9. The minimum atomic E-state index is -3.74. The summed E-state index contributed by atoms with van der Waals surface area (Å²) in [5.74, 6) is 1.21. The zero-order valence-corrected chi connectivity index (χ0v) is 19.1. The van der Waals surface area contributed by atoms with Crippen LogP contribution in [0.3, 0.4) is 0 Å². The van der Waals surface area contributed by atoms with Crippen molar-refractivity contribution in [2.75, 3.05) is 29.9 Å². The summed E-state index contributed by atoms with van der Waals surface area (Å²) in [6.07, 6.45) is 0. The van der Waals surface area contributed by atoms with Crippen molar-refractivity contribution in [1.82, 2.24) is 0 Å². The summed E-state index contributed by atoms with van der Waals surface area (Å²) in [7, 11) is -3.74. The summed E-state index contributed by atoms with van der Waals surface area (Å²) in [4.78, 5) is 12.3. The number of fused-ring (bicyclic) bond motifs is 1. The van der Waals surface area contributed by atoms with Crippen LogP contribution in [0, 0.1) is 0 Å². The van der Waals surface area contributed by atoms with Gasteiger partial charge in [-0.3, -0.25) is 9.52 Å². The molecule has 0 fully saturated rings. The van der Waals surface area contributed by atoms with Crippen molar-refractivity contribution < 1.29 is 27.4 Å². The van der Waals surface area contributed by atoms with Gasteiger partial charge in [0.25, 0.3) is 15.9 Å². The molecule has 1 aliphatic rings. The van der Waals surface area contributed by atoms with Gasteiger partial charge in [0.05, 0.1) is 4.90 Å². The second kappa shape index (κ2) is 9.49. The number of nitrogens with one attached hydrogen (secondary N) is 2. The van der Waals surface area contributed by atoms with Crippen LogP contribution in [0.5, 0.6) is 17.2 Å². The molecular weight excluding hydrogens is 500 g/mol. The first-order chi connectivity index (χ1) is 15.4. The highest BCUT2D eigenvalue weighted by atomic mass is 79.9. The third-order valence-electron chi connectivity index (χ3n) is 4.43. The highest BCUT2D eigenvalue weighted by molar-refractivity contribution is 9.10. The number of hydrogen-bond donors (Lipinski definition) is 2. The maximum atomic E-state index is 12.5. The maximum Gasteiger partial charge on any atom is 0.262 e. The molecule has 0 aliphatic carbocycles. The summed E-state index contributed by atoms with van der Waals surface area (Å²) in [6, 6.07) is 17.7. The minimum Gasteiger partial charge on any atom is -0.486 e. The van der Waals surface area contributed by atoms with Crippen molar-refractivity contribution in [3.05, 3.63) is 71.2 Å². The van der Waals surface area contributed by atoms with Crippen LogP contribution < -0.4 is 24.2 Å². The zero-order valence-electron chi connectivity index (χ0n) is 16.7. The van der Waals surface area contributed by atoms with E-state index in [1.165, 1.54) is 24.3 Å². The minimum absolute atomic E-state index is 0.0773. The van der Waals surface area contributed by atoms with Gasteiger partial charge in [-0.1, -0.05) is 15.9 Å². The van der Waals surface area contributed by atoms with Crippen LogP contribution in [0.15, 0.2) is 76.1 Å². The summed E-state index contributed by atoms with van der Waals surface area (Å²) < 4.78 is 44.8. The Hall–Kier alpha value is -3.24. The van der Waals surface area contributed by atoms with E-state index in [0.717, 1.165) is 4.47 Å². The molecule has 3 aromatic rings. The molecule has 0 saturated carbocycles. The largest absolute Gasteiger partial charge is 0.486 e. The normalized spacial score (nSPS) is 12.7. The Labute approximate surface area is 193 Å². The van der Waals surface area contributed by atoms with Gasteiger partial charge < -0.3 is 19.5 Å². The average Bonchev–Trinajstić information content (AvgIpc) is 2.79. The first-order valence-electron chi connectivity index (χ1n) is 9.60. The number of carbonyl (C=O) groups excluding carboxylic acids is 1. The SMILES string of the molecule is O=C(COc1ccc(S(=O)(=O)Nc2ccc(Br)cc2)cc1)Nc1ccc2c(c1)OCCO2. The number of hydrogen-bond acceptors (Lipinski definition) is 6. The standard InChI is InChI=1S/C22H19BrN2O6S/c23-15-1-3-16(4-2-15)25-32(27,28)19-8-6-18(7-9-19)31-14-22(26)24-17-5-10-20-21(13-17)30-12-11-29-20/h1-10,13,25H,11-12,14H2,(H,24,26). The van der Waals surface area contributed by atoms with Crippen LogP contribution in [0.2, 0.25) is 0 Å². The van der Waals surface area contributed by atoms with Crippen LogP contribution in [0.1, 0.15) is 0 Å². The molecule has 8 nitrogen and oxygen atoms in total. The van der Waals surface area contributed by atoms with Gasteiger partial charge in [0.15, 0.2) is 18.1 Å². The molecule has 10 heteroatoms. The predicted molar refractivity (Wildman–Crippen MR) is 123 cm³/mol. The maximum absolute atomic E-state index is 12.5. The second-order valence-corrected chi connectivity index (χ2v) is 9.38. The molecule has 0 aromatic heterocycles. The first kappa shape index (κ1) is 22.0. The van der Waals surface area contributed by atoms with Gasteiger partial charge in [0.2, 0.25) is 0 Å². The zero-order chi connectivity index (χ0) is 22.6.